The van der Waals surface area contributed by atoms with E-state index in [-0.39, 0.29) is 21.4 Å². The van der Waals surface area contributed by atoms with E-state index in [1.54, 1.807) is 30.3 Å². The van der Waals surface area contributed by atoms with E-state index in [9.17, 15) is 9.18 Å². The van der Waals surface area contributed by atoms with Gasteiger partial charge in [-0.1, -0.05) is 46.6 Å². The highest BCUT2D eigenvalue weighted by atomic mass is 35.5. The van der Waals surface area contributed by atoms with E-state index in [1.807, 2.05) is 0 Å². The first kappa shape index (κ1) is 15.5. The molecule has 1 heterocycles. The lowest BCUT2D eigenvalue weighted by Crippen LogP contribution is -2.13. The maximum atomic E-state index is 13.2. The first-order chi connectivity index (χ1) is 11.0. The van der Waals surface area contributed by atoms with Crippen molar-refractivity contribution in [3.05, 3.63) is 70.0 Å². The molecule has 0 aliphatic rings. The van der Waals surface area contributed by atoms with Crippen molar-refractivity contribution in [3.8, 4) is 11.3 Å². The molecule has 0 fully saturated rings. The molecular weight excluding hydrogens is 342 g/mol. The Hall–Kier alpha value is -2.37. The average molecular weight is 351 g/mol. The summed E-state index contributed by atoms with van der Waals surface area (Å²) in [6, 6.07) is 12.1. The van der Waals surface area contributed by atoms with Crippen LogP contribution in [0.3, 0.4) is 0 Å². The number of amides is 1. The predicted molar refractivity (Wildman–Crippen MR) is 86.3 cm³/mol. The smallest absolute Gasteiger partial charge is 0.259 e. The molecule has 0 unspecified atom stereocenters. The number of benzene rings is 2. The normalized spacial score (nSPS) is 10.6. The van der Waals surface area contributed by atoms with Crippen molar-refractivity contribution in [1.29, 1.82) is 0 Å². The fourth-order valence-electron chi connectivity index (χ4n) is 2.01. The number of rotatable bonds is 3. The van der Waals surface area contributed by atoms with Crippen molar-refractivity contribution in [3.63, 3.8) is 0 Å². The zero-order chi connectivity index (χ0) is 16.4. The molecule has 7 heteroatoms. The van der Waals surface area contributed by atoms with Gasteiger partial charge in [-0.3, -0.25) is 4.79 Å². The monoisotopic (exact) mass is 350 g/mol. The maximum Gasteiger partial charge on any atom is 0.259 e. The van der Waals surface area contributed by atoms with E-state index in [1.165, 1.54) is 18.2 Å². The quantitative estimate of drug-likeness (QED) is 0.719. The SMILES string of the molecule is O=C(Nc1cc(-c2cccc(F)c2)on1)c1c(Cl)cccc1Cl. The molecular formula is C16H9Cl2FN2O2. The Kier molecular flexibility index (Phi) is 4.32. The molecule has 1 N–H and O–H groups in total. The van der Waals surface area contributed by atoms with E-state index >= 15 is 0 Å². The summed E-state index contributed by atoms with van der Waals surface area (Å²) in [4.78, 5) is 12.2. The molecule has 116 valence electrons. The highest BCUT2D eigenvalue weighted by Gasteiger charge is 2.16. The van der Waals surface area contributed by atoms with Gasteiger partial charge in [-0.2, -0.15) is 0 Å². The Bertz CT molecular complexity index is 860. The molecule has 1 aromatic heterocycles. The van der Waals surface area contributed by atoms with E-state index < -0.39 is 11.7 Å². The number of nitrogens with zero attached hydrogens (tertiary/aromatic N) is 1. The average Bonchev–Trinajstić information content (AvgIpc) is 2.95. The highest BCUT2D eigenvalue weighted by Crippen LogP contribution is 2.27. The summed E-state index contributed by atoms with van der Waals surface area (Å²) < 4.78 is 18.3. The molecule has 0 spiro atoms. The minimum Gasteiger partial charge on any atom is -0.354 e. The zero-order valence-electron chi connectivity index (χ0n) is 11.5. The Balaban J connectivity index is 1.83. The van der Waals surface area contributed by atoms with Crippen LogP contribution in [0.15, 0.2) is 53.1 Å². The third-order valence-corrected chi connectivity index (χ3v) is 3.68. The topological polar surface area (TPSA) is 55.1 Å². The van der Waals surface area contributed by atoms with Gasteiger partial charge in [0.2, 0.25) is 0 Å². The van der Waals surface area contributed by atoms with Crippen LogP contribution >= 0.6 is 23.2 Å². The number of anilines is 1. The number of halogens is 3. The van der Waals surface area contributed by atoms with Gasteiger partial charge in [0.05, 0.1) is 15.6 Å². The van der Waals surface area contributed by atoms with Gasteiger partial charge in [0.15, 0.2) is 11.6 Å². The molecule has 3 rings (SSSR count). The van der Waals surface area contributed by atoms with Crippen molar-refractivity contribution < 1.29 is 13.7 Å². The summed E-state index contributed by atoms with van der Waals surface area (Å²) in [5, 5.41) is 6.72. The lowest BCUT2D eigenvalue weighted by molar-refractivity contribution is 0.102. The first-order valence-corrected chi connectivity index (χ1v) is 7.28. The van der Waals surface area contributed by atoms with Crippen LogP contribution in [0, 0.1) is 5.82 Å². The molecule has 0 radical (unpaired) electrons. The van der Waals surface area contributed by atoms with Gasteiger partial charge in [-0.05, 0) is 24.3 Å². The number of hydrogen-bond acceptors (Lipinski definition) is 3. The molecule has 3 aromatic rings. The minimum absolute atomic E-state index is 0.145. The lowest BCUT2D eigenvalue weighted by atomic mass is 10.1. The van der Waals surface area contributed by atoms with Gasteiger partial charge in [0.25, 0.3) is 5.91 Å². The molecule has 1 amide bonds. The second-order valence-corrected chi connectivity index (χ2v) is 5.45. The van der Waals surface area contributed by atoms with Crippen molar-refractivity contribution in [1.82, 2.24) is 5.16 Å². The molecule has 0 bridgehead atoms. The van der Waals surface area contributed by atoms with Crippen molar-refractivity contribution in [2.75, 3.05) is 5.32 Å². The Labute approximate surface area is 140 Å². The van der Waals surface area contributed by atoms with Crippen LogP contribution in [-0.4, -0.2) is 11.1 Å². The summed E-state index contributed by atoms with van der Waals surface area (Å²) in [5.74, 6) is -0.415. The minimum atomic E-state index is -0.514. The van der Waals surface area contributed by atoms with Gasteiger partial charge in [-0.25, -0.2) is 4.39 Å². The van der Waals surface area contributed by atoms with Crippen LogP contribution < -0.4 is 5.32 Å². The van der Waals surface area contributed by atoms with Gasteiger partial charge in [-0.15, -0.1) is 0 Å². The van der Waals surface area contributed by atoms with Crippen LogP contribution in [0.25, 0.3) is 11.3 Å². The van der Waals surface area contributed by atoms with Crippen LogP contribution in [0.2, 0.25) is 10.0 Å². The summed E-state index contributed by atoms with van der Waals surface area (Å²) in [6.45, 7) is 0. The van der Waals surface area contributed by atoms with Gasteiger partial charge in [0, 0.05) is 11.6 Å². The first-order valence-electron chi connectivity index (χ1n) is 6.52. The molecule has 0 aliphatic heterocycles. The highest BCUT2D eigenvalue weighted by molar-refractivity contribution is 6.40. The Morgan fingerprint density at radius 1 is 1.09 bits per heavy atom. The number of hydrogen-bond donors (Lipinski definition) is 1. The van der Waals surface area contributed by atoms with Crippen molar-refractivity contribution in [2.45, 2.75) is 0 Å². The van der Waals surface area contributed by atoms with Crippen LogP contribution in [0.1, 0.15) is 10.4 Å². The Morgan fingerprint density at radius 2 is 1.78 bits per heavy atom. The molecule has 2 aromatic carbocycles. The lowest BCUT2D eigenvalue weighted by Gasteiger charge is -2.05. The molecule has 0 saturated carbocycles. The fraction of sp³-hybridized carbons (Fsp3) is 0. The standard InChI is InChI=1S/C16H9Cl2FN2O2/c17-11-5-2-6-12(18)15(11)16(22)20-14-8-13(23-21-14)9-3-1-4-10(19)7-9/h1-8H,(H,20,21,22). The fourth-order valence-corrected chi connectivity index (χ4v) is 2.57. The summed E-state index contributed by atoms with van der Waals surface area (Å²) in [5.41, 5.74) is 0.653. The molecule has 23 heavy (non-hydrogen) atoms. The van der Waals surface area contributed by atoms with Gasteiger partial charge in [0.1, 0.15) is 5.82 Å². The van der Waals surface area contributed by atoms with Crippen LogP contribution in [-0.2, 0) is 0 Å². The molecule has 0 aliphatic carbocycles. The zero-order valence-corrected chi connectivity index (χ0v) is 13.0. The van der Waals surface area contributed by atoms with Gasteiger partial charge >= 0.3 is 0 Å². The van der Waals surface area contributed by atoms with Crippen molar-refractivity contribution in [2.24, 2.45) is 0 Å². The van der Waals surface area contributed by atoms with Crippen LogP contribution in [0.4, 0.5) is 10.2 Å². The van der Waals surface area contributed by atoms with E-state index in [0.29, 0.717) is 11.3 Å². The third-order valence-electron chi connectivity index (χ3n) is 3.05. The molecule has 4 nitrogen and oxygen atoms in total. The second-order valence-electron chi connectivity index (χ2n) is 4.64. The summed E-state index contributed by atoms with van der Waals surface area (Å²) in [6.07, 6.45) is 0. The Morgan fingerprint density at radius 3 is 2.48 bits per heavy atom. The summed E-state index contributed by atoms with van der Waals surface area (Å²) >= 11 is 12.0. The maximum absolute atomic E-state index is 13.2. The number of nitrogens with one attached hydrogen (secondary N) is 1. The van der Waals surface area contributed by atoms with Gasteiger partial charge < -0.3 is 9.84 Å². The second kappa shape index (κ2) is 6.40. The van der Waals surface area contributed by atoms with Crippen molar-refractivity contribution >= 4 is 34.9 Å². The third kappa shape index (κ3) is 3.36. The van der Waals surface area contributed by atoms with E-state index in [4.69, 9.17) is 27.7 Å². The summed E-state index contributed by atoms with van der Waals surface area (Å²) in [7, 11) is 0. The van der Waals surface area contributed by atoms with E-state index in [2.05, 4.69) is 10.5 Å². The largest absolute Gasteiger partial charge is 0.354 e. The number of carbonyl (C=O) groups excluding carboxylic acids is 1. The molecule has 0 atom stereocenters. The molecule has 0 saturated heterocycles. The number of aromatic nitrogens is 1. The number of carbonyl (C=O) groups is 1. The predicted octanol–water partition coefficient (Wildman–Crippen LogP) is 5.04. The van der Waals surface area contributed by atoms with E-state index in [0.717, 1.165) is 0 Å². The van der Waals surface area contributed by atoms with Crippen LogP contribution in [0.5, 0.6) is 0 Å².